The van der Waals surface area contributed by atoms with Gasteiger partial charge in [-0.15, -0.1) is 0 Å². The van der Waals surface area contributed by atoms with E-state index in [0.29, 0.717) is 22.7 Å². The number of hydrogen-bond donors (Lipinski definition) is 3. The molecule has 29 heavy (non-hydrogen) atoms. The van der Waals surface area contributed by atoms with Gasteiger partial charge in [-0.25, -0.2) is 0 Å². The van der Waals surface area contributed by atoms with Gasteiger partial charge in [-0.3, -0.25) is 14.4 Å². The molecule has 7 nitrogen and oxygen atoms in total. The Balaban J connectivity index is 1.56. The summed E-state index contributed by atoms with van der Waals surface area (Å²) in [5.74, 6) is -0.0489. The smallest absolute Gasteiger partial charge is 0.262 e. The summed E-state index contributed by atoms with van der Waals surface area (Å²) in [6.45, 7) is 3.52. The summed E-state index contributed by atoms with van der Waals surface area (Å²) < 4.78 is 5.54. The van der Waals surface area contributed by atoms with Crippen LogP contribution in [-0.2, 0) is 9.59 Å². The number of benzene rings is 2. The molecule has 0 atom stereocenters. The van der Waals surface area contributed by atoms with Crippen molar-refractivity contribution >= 4 is 29.1 Å². The Kier molecular flexibility index (Phi) is 6.49. The first kappa shape index (κ1) is 20.4. The second-order valence-electron chi connectivity index (χ2n) is 7.30. The lowest BCUT2D eigenvalue weighted by Crippen LogP contribution is -2.31. The van der Waals surface area contributed by atoms with Crippen LogP contribution in [0.1, 0.15) is 37.0 Å². The molecule has 3 rings (SSSR count). The molecule has 3 N–H and O–H groups in total. The van der Waals surface area contributed by atoms with E-state index in [1.165, 1.54) is 0 Å². The van der Waals surface area contributed by atoms with Crippen molar-refractivity contribution in [3.8, 4) is 5.75 Å². The predicted molar refractivity (Wildman–Crippen MR) is 111 cm³/mol. The fourth-order valence-electron chi connectivity index (χ4n) is 2.72. The molecular weight excluding hydrogens is 370 g/mol. The summed E-state index contributed by atoms with van der Waals surface area (Å²) >= 11 is 0. The van der Waals surface area contributed by atoms with E-state index in [0.717, 1.165) is 12.8 Å². The van der Waals surface area contributed by atoms with Crippen molar-refractivity contribution in [1.82, 2.24) is 5.32 Å². The number of amides is 3. The Morgan fingerprint density at radius 2 is 1.79 bits per heavy atom. The van der Waals surface area contributed by atoms with Gasteiger partial charge in [-0.1, -0.05) is 18.2 Å². The van der Waals surface area contributed by atoms with Crippen molar-refractivity contribution in [1.29, 1.82) is 0 Å². The standard InChI is InChI=1S/C22H25N3O4/c1-14(2)23-22(28)18-8-3-4-9-19(18)25-20(26)13-29-17-7-5-6-16(12-17)24-21(27)15-10-11-15/h3-9,12,14-15H,10-11,13H2,1-2H3,(H,23,28)(H,24,27)(H,25,26). The Hall–Kier alpha value is -3.35. The van der Waals surface area contributed by atoms with E-state index < -0.39 is 0 Å². The van der Waals surface area contributed by atoms with Gasteiger partial charge < -0.3 is 20.7 Å². The summed E-state index contributed by atoms with van der Waals surface area (Å²) in [5, 5.41) is 8.36. The molecule has 152 valence electrons. The quantitative estimate of drug-likeness (QED) is 0.640. The number of anilines is 2. The predicted octanol–water partition coefficient (Wildman–Crippen LogP) is 3.19. The van der Waals surface area contributed by atoms with Gasteiger partial charge in [0.25, 0.3) is 11.8 Å². The van der Waals surface area contributed by atoms with E-state index >= 15 is 0 Å². The largest absolute Gasteiger partial charge is 0.484 e. The molecule has 0 aliphatic heterocycles. The monoisotopic (exact) mass is 395 g/mol. The lowest BCUT2D eigenvalue weighted by Gasteiger charge is -2.13. The van der Waals surface area contributed by atoms with Crippen LogP contribution in [0.15, 0.2) is 48.5 Å². The Morgan fingerprint density at radius 1 is 1.03 bits per heavy atom. The number of ether oxygens (including phenoxy) is 1. The maximum absolute atomic E-state index is 12.3. The summed E-state index contributed by atoms with van der Waals surface area (Å²) in [7, 11) is 0. The minimum absolute atomic E-state index is 0.0103. The van der Waals surface area contributed by atoms with Crippen molar-refractivity contribution in [2.75, 3.05) is 17.2 Å². The molecule has 0 bridgehead atoms. The van der Waals surface area contributed by atoms with Crippen LogP contribution >= 0.6 is 0 Å². The number of carbonyl (C=O) groups is 3. The van der Waals surface area contributed by atoms with E-state index in [9.17, 15) is 14.4 Å². The summed E-state index contributed by atoms with van der Waals surface area (Å²) in [6, 6.07) is 13.7. The first-order valence-corrected chi connectivity index (χ1v) is 9.66. The van der Waals surface area contributed by atoms with Crippen LogP contribution in [-0.4, -0.2) is 30.4 Å². The van der Waals surface area contributed by atoms with Gasteiger partial charge in [0, 0.05) is 23.7 Å². The van der Waals surface area contributed by atoms with Gasteiger partial charge in [0.1, 0.15) is 5.75 Å². The van der Waals surface area contributed by atoms with E-state index in [1.807, 2.05) is 13.8 Å². The average Bonchev–Trinajstić information content (AvgIpc) is 3.52. The number of para-hydroxylation sites is 1. The first-order chi connectivity index (χ1) is 13.9. The van der Waals surface area contributed by atoms with Gasteiger partial charge in [0.15, 0.2) is 6.61 Å². The van der Waals surface area contributed by atoms with Crippen LogP contribution in [0.5, 0.6) is 5.75 Å². The lowest BCUT2D eigenvalue weighted by atomic mass is 10.1. The van der Waals surface area contributed by atoms with Gasteiger partial charge in [0.2, 0.25) is 5.91 Å². The maximum Gasteiger partial charge on any atom is 0.262 e. The van der Waals surface area contributed by atoms with Crippen LogP contribution in [0.25, 0.3) is 0 Å². The molecule has 3 amide bonds. The Labute approximate surface area is 169 Å². The second kappa shape index (κ2) is 9.23. The second-order valence-corrected chi connectivity index (χ2v) is 7.30. The average molecular weight is 395 g/mol. The highest BCUT2D eigenvalue weighted by Gasteiger charge is 2.29. The number of nitrogens with one attached hydrogen (secondary N) is 3. The molecule has 1 aliphatic carbocycles. The van der Waals surface area contributed by atoms with E-state index in [2.05, 4.69) is 16.0 Å². The third kappa shape index (κ3) is 6.07. The minimum Gasteiger partial charge on any atom is -0.484 e. The number of rotatable bonds is 8. The SMILES string of the molecule is CC(C)NC(=O)c1ccccc1NC(=O)COc1cccc(NC(=O)C2CC2)c1. The highest BCUT2D eigenvalue weighted by atomic mass is 16.5. The zero-order valence-corrected chi connectivity index (χ0v) is 16.5. The lowest BCUT2D eigenvalue weighted by molar-refractivity contribution is -0.118. The van der Waals surface area contributed by atoms with Crippen molar-refractivity contribution in [3.63, 3.8) is 0 Å². The van der Waals surface area contributed by atoms with Crippen LogP contribution in [0.2, 0.25) is 0 Å². The molecule has 7 heteroatoms. The first-order valence-electron chi connectivity index (χ1n) is 9.66. The summed E-state index contributed by atoms with van der Waals surface area (Å²) in [5.41, 5.74) is 1.44. The van der Waals surface area contributed by atoms with Gasteiger partial charge in [0.05, 0.1) is 11.3 Å². The maximum atomic E-state index is 12.3. The van der Waals surface area contributed by atoms with Crippen LogP contribution < -0.4 is 20.7 Å². The van der Waals surface area contributed by atoms with Gasteiger partial charge in [-0.05, 0) is 51.0 Å². The molecule has 0 spiro atoms. The minimum atomic E-state index is -0.387. The molecule has 1 fully saturated rings. The van der Waals surface area contributed by atoms with Gasteiger partial charge in [-0.2, -0.15) is 0 Å². The van der Waals surface area contributed by atoms with Crippen molar-refractivity contribution in [2.45, 2.75) is 32.7 Å². The third-order valence-electron chi connectivity index (χ3n) is 4.29. The molecule has 1 aliphatic rings. The van der Waals surface area contributed by atoms with E-state index in [1.54, 1.807) is 48.5 Å². The molecule has 1 saturated carbocycles. The van der Waals surface area contributed by atoms with E-state index in [-0.39, 0.29) is 36.3 Å². The molecule has 2 aromatic carbocycles. The van der Waals surface area contributed by atoms with Gasteiger partial charge >= 0.3 is 0 Å². The van der Waals surface area contributed by atoms with Crippen molar-refractivity contribution in [2.24, 2.45) is 5.92 Å². The molecule has 0 radical (unpaired) electrons. The molecule has 2 aromatic rings. The Morgan fingerprint density at radius 3 is 2.52 bits per heavy atom. The number of carbonyl (C=O) groups excluding carboxylic acids is 3. The highest BCUT2D eigenvalue weighted by Crippen LogP contribution is 2.30. The highest BCUT2D eigenvalue weighted by molar-refractivity contribution is 6.04. The van der Waals surface area contributed by atoms with Crippen molar-refractivity contribution < 1.29 is 19.1 Å². The van der Waals surface area contributed by atoms with Crippen LogP contribution in [0, 0.1) is 5.92 Å². The molecule has 0 heterocycles. The normalized spacial score (nSPS) is 12.9. The number of hydrogen-bond acceptors (Lipinski definition) is 4. The van der Waals surface area contributed by atoms with Crippen LogP contribution in [0.4, 0.5) is 11.4 Å². The zero-order valence-electron chi connectivity index (χ0n) is 16.5. The van der Waals surface area contributed by atoms with Crippen molar-refractivity contribution in [3.05, 3.63) is 54.1 Å². The summed E-state index contributed by atoms with van der Waals surface area (Å²) in [4.78, 5) is 36.5. The molecular formula is C22H25N3O4. The molecule has 0 saturated heterocycles. The topological polar surface area (TPSA) is 96.5 Å². The fourth-order valence-corrected chi connectivity index (χ4v) is 2.72. The summed E-state index contributed by atoms with van der Waals surface area (Å²) in [6.07, 6.45) is 1.86. The Bertz CT molecular complexity index is 906. The third-order valence-corrected chi connectivity index (χ3v) is 4.29. The zero-order chi connectivity index (χ0) is 20.8. The molecule has 0 unspecified atom stereocenters. The molecule has 0 aromatic heterocycles. The van der Waals surface area contributed by atoms with E-state index in [4.69, 9.17) is 4.74 Å². The van der Waals surface area contributed by atoms with Crippen LogP contribution in [0.3, 0.4) is 0 Å². The fraction of sp³-hybridized carbons (Fsp3) is 0.318.